The zero-order valence-electron chi connectivity index (χ0n) is 39.8. The van der Waals surface area contributed by atoms with Crippen LogP contribution in [-0.2, 0) is 65.3 Å². The maximum absolute atomic E-state index is 14.3. The number of carbonyl (C=O) groups excluding carboxylic acids is 2. The molecule has 19 nitrogen and oxygen atoms in total. The van der Waals surface area contributed by atoms with Crippen molar-refractivity contribution in [1.82, 2.24) is 5.32 Å². The number of fused-ring (bicyclic) bond motifs is 4. The molecule has 3 atom stereocenters. The van der Waals surface area contributed by atoms with Crippen molar-refractivity contribution in [2.24, 2.45) is 17.0 Å². The van der Waals surface area contributed by atoms with Crippen LogP contribution in [0.2, 0.25) is 0 Å². The number of phenols is 1. The van der Waals surface area contributed by atoms with Crippen LogP contribution in [0.5, 0.6) is 28.7 Å². The Kier molecular flexibility index (Phi) is 23.0. The molecule has 0 saturated heterocycles. The van der Waals surface area contributed by atoms with Gasteiger partial charge in [0, 0.05) is 49.0 Å². The normalized spacial score (nSPS) is 16.7. The van der Waals surface area contributed by atoms with Gasteiger partial charge in [-0.25, -0.2) is 0 Å². The number of benzene rings is 3. The van der Waals surface area contributed by atoms with Gasteiger partial charge in [-0.05, 0) is 65.9 Å². The molecule has 2 aliphatic heterocycles. The fourth-order valence-electron chi connectivity index (χ4n) is 8.30. The van der Waals surface area contributed by atoms with Gasteiger partial charge in [-0.15, -0.1) is 0 Å². The van der Waals surface area contributed by atoms with Crippen LogP contribution in [0.15, 0.2) is 53.7 Å². The highest BCUT2D eigenvalue weighted by Crippen LogP contribution is 2.51. The first kappa shape index (κ1) is 53.3. The molecule has 3 aromatic carbocycles. The standard InChI is InChI=1S/C50H68N2O17/c1-57-45-29-36(28-37(32-53)50(45)58-2)47-39-30-43-44(68-34-67-43)31-40(39)49-41(33-69-52-49)48(47)42(55)4-3-12-59-14-16-61-18-20-63-22-24-65-26-27-66-25-23-64-21-19-62-17-15-60-13-10-46(56)51-11-9-35-5-7-38(54)8-6-35/h5-8,28-31,41,47-48,53-54H,3-4,9-27,32-34H2,1-2H3,(H,51,56). The second-order valence-electron chi connectivity index (χ2n) is 16.2. The van der Waals surface area contributed by atoms with Gasteiger partial charge < -0.3 is 77.2 Å². The van der Waals surface area contributed by atoms with Gasteiger partial charge in [0.15, 0.2) is 23.0 Å². The number of aliphatic hydroxyl groups excluding tert-OH is 1. The van der Waals surface area contributed by atoms with Crippen molar-refractivity contribution in [1.29, 1.82) is 0 Å². The van der Waals surface area contributed by atoms with Crippen molar-refractivity contribution in [3.63, 3.8) is 0 Å². The number of ketones is 1. The summed E-state index contributed by atoms with van der Waals surface area (Å²) >= 11 is 0. The van der Waals surface area contributed by atoms with Crippen LogP contribution in [0.1, 0.15) is 53.0 Å². The maximum Gasteiger partial charge on any atom is 0.231 e. The molecule has 3 aromatic rings. The number of hydrogen-bond donors (Lipinski definition) is 3. The van der Waals surface area contributed by atoms with Crippen LogP contribution in [0, 0.1) is 11.8 Å². The van der Waals surface area contributed by atoms with Crippen molar-refractivity contribution in [2.45, 2.75) is 38.2 Å². The first-order valence-electron chi connectivity index (χ1n) is 23.6. The van der Waals surface area contributed by atoms with E-state index >= 15 is 0 Å². The first-order chi connectivity index (χ1) is 33.9. The topological polar surface area (TPSA) is 219 Å². The molecule has 3 N–H and O–H groups in total. The van der Waals surface area contributed by atoms with Gasteiger partial charge in [0.25, 0.3) is 0 Å². The highest BCUT2D eigenvalue weighted by molar-refractivity contribution is 6.09. The van der Waals surface area contributed by atoms with Crippen LogP contribution < -0.4 is 24.3 Å². The lowest BCUT2D eigenvalue weighted by Gasteiger charge is -2.37. The number of amides is 1. The van der Waals surface area contributed by atoms with Gasteiger partial charge in [0.1, 0.15) is 18.1 Å². The molecule has 1 aliphatic carbocycles. The average molecular weight is 969 g/mol. The number of aliphatic hydroxyl groups is 1. The predicted octanol–water partition coefficient (Wildman–Crippen LogP) is 3.97. The SMILES string of the molecule is COc1cc(C2c3cc4c(cc3C3=NOCC3C2C(=O)CCCOCCOCCOCCOCCOCCOCCOCCOCCC(=O)NCCc2ccc(O)cc2)OCO4)cc(CO)c1OC. The van der Waals surface area contributed by atoms with Crippen molar-refractivity contribution >= 4 is 17.4 Å². The van der Waals surface area contributed by atoms with Crippen LogP contribution in [0.4, 0.5) is 0 Å². The van der Waals surface area contributed by atoms with E-state index in [9.17, 15) is 19.8 Å². The number of methoxy groups -OCH3 is 2. The number of nitrogens with one attached hydrogen (secondary N) is 1. The quantitative estimate of drug-likeness (QED) is 0.0702. The smallest absolute Gasteiger partial charge is 0.231 e. The van der Waals surface area contributed by atoms with Crippen LogP contribution in [-0.4, -0.2) is 167 Å². The molecule has 0 saturated carbocycles. The average Bonchev–Trinajstić information content (AvgIpc) is 4.05. The Morgan fingerprint density at radius 1 is 0.696 bits per heavy atom. The minimum absolute atomic E-state index is 0.0563. The summed E-state index contributed by atoms with van der Waals surface area (Å²) in [5.41, 5.74) is 4.81. The molecule has 3 unspecified atom stereocenters. The summed E-state index contributed by atoms with van der Waals surface area (Å²) in [6.07, 6.45) is 1.79. The highest BCUT2D eigenvalue weighted by Gasteiger charge is 2.48. The minimum Gasteiger partial charge on any atom is -0.508 e. The summed E-state index contributed by atoms with van der Waals surface area (Å²) in [6, 6.07) is 14.5. The second kappa shape index (κ2) is 29.8. The summed E-state index contributed by atoms with van der Waals surface area (Å²) in [6.45, 7) is 7.35. The number of nitrogens with zero attached hydrogens (tertiary/aromatic N) is 1. The largest absolute Gasteiger partial charge is 0.508 e. The second-order valence-corrected chi connectivity index (χ2v) is 16.2. The molecule has 0 radical (unpaired) electrons. The molecule has 0 spiro atoms. The van der Waals surface area contributed by atoms with Gasteiger partial charge in [0.2, 0.25) is 12.7 Å². The first-order valence-corrected chi connectivity index (χ1v) is 23.6. The molecule has 0 aromatic heterocycles. The Morgan fingerprint density at radius 3 is 1.83 bits per heavy atom. The maximum atomic E-state index is 14.3. The Morgan fingerprint density at radius 2 is 1.26 bits per heavy atom. The van der Waals surface area contributed by atoms with Gasteiger partial charge in [0.05, 0.1) is 132 Å². The van der Waals surface area contributed by atoms with E-state index in [1.54, 1.807) is 19.2 Å². The van der Waals surface area contributed by atoms with E-state index in [1.807, 2.05) is 36.4 Å². The summed E-state index contributed by atoms with van der Waals surface area (Å²) < 4.78 is 67.3. The molecule has 2 heterocycles. The Balaban J connectivity index is 0.737. The molecule has 69 heavy (non-hydrogen) atoms. The fraction of sp³-hybridized carbons (Fsp3) is 0.580. The lowest BCUT2D eigenvalue weighted by Crippen LogP contribution is -2.40. The zero-order valence-corrected chi connectivity index (χ0v) is 39.8. The number of ether oxygens (including phenoxy) is 12. The van der Waals surface area contributed by atoms with Crippen molar-refractivity contribution < 1.29 is 81.5 Å². The summed E-state index contributed by atoms with van der Waals surface area (Å²) in [5.74, 6) is 1.10. The number of oxime groups is 1. The Labute approximate surface area is 403 Å². The number of rotatable bonds is 36. The third-order valence-electron chi connectivity index (χ3n) is 11.7. The molecular formula is C50H68N2O17. The number of Topliss-reactive ketones (excluding diaryl/α,β-unsaturated/α-hetero) is 1. The minimum atomic E-state index is -0.510. The molecule has 380 valence electrons. The Bertz CT molecular complexity index is 2030. The molecule has 19 heteroatoms. The lowest BCUT2D eigenvalue weighted by atomic mass is 9.63. The van der Waals surface area contributed by atoms with Gasteiger partial charge in [-0.1, -0.05) is 17.3 Å². The zero-order chi connectivity index (χ0) is 48.5. The number of hydrogen-bond acceptors (Lipinski definition) is 18. The molecule has 6 rings (SSSR count). The lowest BCUT2D eigenvalue weighted by molar-refractivity contribution is -0.125. The monoisotopic (exact) mass is 968 g/mol. The van der Waals surface area contributed by atoms with E-state index < -0.39 is 11.8 Å². The summed E-state index contributed by atoms with van der Waals surface area (Å²) in [7, 11) is 3.07. The van der Waals surface area contributed by atoms with E-state index in [1.165, 1.54) is 7.11 Å². The number of aromatic hydroxyl groups is 1. The van der Waals surface area contributed by atoms with Crippen LogP contribution in [0.3, 0.4) is 0 Å². The third kappa shape index (κ3) is 16.5. The van der Waals surface area contributed by atoms with E-state index in [2.05, 4.69) is 10.5 Å². The molecule has 0 bridgehead atoms. The van der Waals surface area contributed by atoms with E-state index in [0.717, 1.165) is 22.3 Å². The van der Waals surface area contributed by atoms with E-state index in [-0.39, 0.29) is 56.2 Å². The van der Waals surface area contributed by atoms with Gasteiger partial charge >= 0.3 is 0 Å². The van der Waals surface area contributed by atoms with Crippen LogP contribution in [0.25, 0.3) is 0 Å². The van der Waals surface area contributed by atoms with Crippen molar-refractivity contribution in [2.75, 3.05) is 140 Å². The number of phenolic OH excluding ortho intramolecular Hbond substituents is 1. The van der Waals surface area contributed by atoms with Crippen molar-refractivity contribution in [3.8, 4) is 28.7 Å². The molecular weight excluding hydrogens is 901 g/mol. The molecule has 0 fully saturated rings. The van der Waals surface area contributed by atoms with Gasteiger partial charge in [-0.2, -0.15) is 0 Å². The van der Waals surface area contributed by atoms with Gasteiger partial charge in [-0.3, -0.25) is 9.59 Å². The summed E-state index contributed by atoms with van der Waals surface area (Å²) in [5, 5.41) is 26.9. The van der Waals surface area contributed by atoms with E-state index in [4.69, 9.17) is 61.7 Å². The highest BCUT2D eigenvalue weighted by atomic mass is 16.7. The van der Waals surface area contributed by atoms with Crippen molar-refractivity contribution in [3.05, 3.63) is 76.3 Å². The molecule has 1 amide bonds. The number of carbonyl (C=O) groups is 2. The van der Waals surface area contributed by atoms with Crippen LogP contribution >= 0.6 is 0 Å². The Hall–Kier alpha value is -5.09. The van der Waals surface area contributed by atoms with E-state index in [0.29, 0.717) is 159 Å². The third-order valence-corrected chi connectivity index (χ3v) is 11.7. The predicted molar refractivity (Wildman–Crippen MR) is 250 cm³/mol. The fourth-order valence-corrected chi connectivity index (χ4v) is 8.30. The summed E-state index contributed by atoms with van der Waals surface area (Å²) in [4.78, 5) is 31.9. The molecule has 3 aliphatic rings.